The zero-order valence-electron chi connectivity index (χ0n) is 11.2. The Bertz CT molecular complexity index is 575. The number of methoxy groups -OCH3 is 2. The van der Waals surface area contributed by atoms with Gasteiger partial charge < -0.3 is 14.6 Å². The molecule has 0 atom stereocenters. The minimum absolute atomic E-state index is 0.0172. The molecular formula is C11H14F3NO5S. The van der Waals surface area contributed by atoms with Crippen LogP contribution in [0.3, 0.4) is 0 Å². The first-order valence-corrected chi connectivity index (χ1v) is 7.05. The lowest BCUT2D eigenvalue weighted by molar-refractivity contribution is -0.121. The highest BCUT2D eigenvalue weighted by Crippen LogP contribution is 2.34. The molecule has 0 fully saturated rings. The molecule has 0 bridgehead atoms. The van der Waals surface area contributed by atoms with Crippen molar-refractivity contribution in [2.45, 2.75) is 17.7 Å². The predicted molar refractivity (Wildman–Crippen MR) is 66.7 cm³/mol. The number of hydrogen-bond donors (Lipinski definition) is 2. The van der Waals surface area contributed by atoms with Crippen LogP contribution >= 0.6 is 0 Å². The van der Waals surface area contributed by atoms with Gasteiger partial charge in [-0.05, 0) is 6.07 Å². The number of aliphatic hydroxyl groups excluding tert-OH is 1. The van der Waals surface area contributed by atoms with Gasteiger partial charge in [-0.25, -0.2) is 13.1 Å². The highest BCUT2D eigenvalue weighted by Gasteiger charge is 2.30. The lowest BCUT2D eigenvalue weighted by Crippen LogP contribution is -2.33. The fourth-order valence-electron chi connectivity index (χ4n) is 1.55. The van der Waals surface area contributed by atoms with Crippen LogP contribution in [0.4, 0.5) is 13.2 Å². The lowest BCUT2D eigenvalue weighted by atomic mass is 10.2. The van der Waals surface area contributed by atoms with E-state index in [1.165, 1.54) is 18.9 Å². The molecule has 0 spiro atoms. The second-order valence-corrected chi connectivity index (χ2v) is 5.68. The molecule has 6 nitrogen and oxygen atoms in total. The first-order chi connectivity index (χ1) is 9.64. The number of sulfonamides is 1. The van der Waals surface area contributed by atoms with Crippen LogP contribution in [0.25, 0.3) is 0 Å². The summed E-state index contributed by atoms with van der Waals surface area (Å²) in [5, 5.41) is 9.19. The zero-order valence-corrected chi connectivity index (χ0v) is 12.0. The monoisotopic (exact) mass is 329 g/mol. The molecule has 0 heterocycles. The minimum atomic E-state index is -4.68. The van der Waals surface area contributed by atoms with E-state index in [0.717, 1.165) is 12.1 Å². The molecular weight excluding hydrogens is 315 g/mol. The highest BCUT2D eigenvalue weighted by molar-refractivity contribution is 7.89. The van der Waals surface area contributed by atoms with Crippen LogP contribution in [0.2, 0.25) is 0 Å². The van der Waals surface area contributed by atoms with Crippen LogP contribution in [0, 0.1) is 0 Å². The van der Waals surface area contributed by atoms with Crippen molar-refractivity contribution in [2.24, 2.45) is 0 Å². The average Bonchev–Trinajstić information content (AvgIpc) is 2.42. The van der Waals surface area contributed by atoms with E-state index in [9.17, 15) is 26.7 Å². The second-order valence-electron chi connectivity index (χ2n) is 3.92. The molecule has 1 aromatic rings. The number of nitrogens with one attached hydrogen (secondary N) is 1. The maximum Gasteiger partial charge on any atom is 0.402 e. The normalized spacial score (nSPS) is 12.3. The van der Waals surface area contributed by atoms with Gasteiger partial charge in [-0.2, -0.15) is 13.2 Å². The fourth-order valence-corrected chi connectivity index (χ4v) is 2.63. The Hall–Kier alpha value is -1.52. The number of rotatable bonds is 6. The summed E-state index contributed by atoms with van der Waals surface area (Å²) in [5.74, 6) is 0.0891. The summed E-state index contributed by atoms with van der Waals surface area (Å²) in [6.45, 7) is -2.26. The summed E-state index contributed by atoms with van der Waals surface area (Å²) in [7, 11) is -1.88. The molecule has 0 aliphatic heterocycles. The molecule has 0 aliphatic rings. The van der Waals surface area contributed by atoms with Crippen molar-refractivity contribution in [3.63, 3.8) is 0 Å². The van der Waals surface area contributed by atoms with Gasteiger partial charge in [0.1, 0.15) is 6.54 Å². The standard InChI is InChI=1S/C11H14F3NO5S/c1-19-9-4-8(3-7(5-16)10(9)20-2)21(17,18)15-6-11(12,13)14/h3-4,15-16H,5-6H2,1-2H3. The van der Waals surface area contributed by atoms with E-state index in [2.05, 4.69) is 0 Å². The van der Waals surface area contributed by atoms with Crippen LogP contribution in [0.1, 0.15) is 5.56 Å². The molecule has 0 amide bonds. The SMILES string of the molecule is COc1cc(S(=O)(=O)NCC(F)(F)F)cc(CO)c1OC. The third-order valence-electron chi connectivity index (χ3n) is 2.47. The third kappa shape index (κ3) is 4.48. The molecule has 0 aromatic heterocycles. The summed E-state index contributed by atoms with van der Waals surface area (Å²) in [4.78, 5) is -0.464. The largest absolute Gasteiger partial charge is 0.493 e. The number of halogens is 3. The van der Waals surface area contributed by atoms with Crippen LogP contribution in [0.5, 0.6) is 11.5 Å². The van der Waals surface area contributed by atoms with Crippen LogP contribution in [0.15, 0.2) is 17.0 Å². The van der Waals surface area contributed by atoms with Crippen LogP contribution in [-0.2, 0) is 16.6 Å². The summed E-state index contributed by atoms with van der Waals surface area (Å²) >= 11 is 0. The summed E-state index contributed by atoms with van der Waals surface area (Å²) < 4.78 is 71.2. The van der Waals surface area contributed by atoms with E-state index >= 15 is 0 Å². The first kappa shape index (κ1) is 17.5. The third-order valence-corrected chi connectivity index (χ3v) is 3.85. The summed E-state index contributed by atoms with van der Waals surface area (Å²) in [6.07, 6.45) is -4.68. The van der Waals surface area contributed by atoms with E-state index in [-0.39, 0.29) is 17.1 Å². The van der Waals surface area contributed by atoms with Gasteiger partial charge in [0, 0.05) is 11.6 Å². The molecule has 0 unspecified atom stereocenters. The Morgan fingerprint density at radius 2 is 1.86 bits per heavy atom. The quantitative estimate of drug-likeness (QED) is 0.814. The van der Waals surface area contributed by atoms with Gasteiger partial charge >= 0.3 is 6.18 Å². The van der Waals surface area contributed by atoms with Gasteiger partial charge in [-0.1, -0.05) is 0 Å². The van der Waals surface area contributed by atoms with Crippen LogP contribution in [-0.4, -0.2) is 40.5 Å². The first-order valence-electron chi connectivity index (χ1n) is 5.56. The summed E-state index contributed by atoms with van der Waals surface area (Å²) in [5.41, 5.74) is 0.0734. The zero-order chi connectivity index (χ0) is 16.3. The van der Waals surface area contributed by atoms with Crippen molar-refractivity contribution >= 4 is 10.0 Å². The molecule has 120 valence electrons. The smallest absolute Gasteiger partial charge is 0.402 e. The maximum atomic E-state index is 12.1. The Morgan fingerprint density at radius 1 is 1.24 bits per heavy atom. The van der Waals surface area contributed by atoms with Gasteiger partial charge in [-0.3, -0.25) is 0 Å². The molecule has 0 saturated carbocycles. The Kier molecular flexibility index (Phi) is 5.42. The van der Waals surface area contributed by atoms with E-state index in [4.69, 9.17) is 9.47 Å². The highest BCUT2D eigenvalue weighted by atomic mass is 32.2. The molecule has 2 N–H and O–H groups in total. The minimum Gasteiger partial charge on any atom is -0.493 e. The van der Waals surface area contributed by atoms with E-state index in [1.807, 2.05) is 0 Å². The molecule has 1 rings (SSSR count). The van der Waals surface area contributed by atoms with Gasteiger partial charge in [0.25, 0.3) is 0 Å². The van der Waals surface area contributed by atoms with Gasteiger partial charge in [0.05, 0.1) is 25.7 Å². The molecule has 0 radical (unpaired) electrons. The Balaban J connectivity index is 3.24. The molecule has 0 saturated heterocycles. The van der Waals surface area contributed by atoms with E-state index < -0.39 is 34.2 Å². The van der Waals surface area contributed by atoms with Crippen LogP contribution < -0.4 is 14.2 Å². The molecule has 10 heteroatoms. The van der Waals surface area contributed by atoms with Crippen molar-refractivity contribution < 1.29 is 36.2 Å². The van der Waals surface area contributed by atoms with E-state index in [1.54, 1.807) is 0 Å². The van der Waals surface area contributed by atoms with Crippen molar-refractivity contribution in [1.29, 1.82) is 0 Å². The Morgan fingerprint density at radius 3 is 2.29 bits per heavy atom. The van der Waals surface area contributed by atoms with Gasteiger partial charge in [-0.15, -0.1) is 0 Å². The van der Waals surface area contributed by atoms with Crippen molar-refractivity contribution in [1.82, 2.24) is 4.72 Å². The van der Waals surface area contributed by atoms with Crippen molar-refractivity contribution in [2.75, 3.05) is 20.8 Å². The number of ether oxygens (including phenoxy) is 2. The predicted octanol–water partition coefficient (Wildman–Crippen LogP) is 1.04. The van der Waals surface area contributed by atoms with Crippen molar-refractivity contribution in [3.05, 3.63) is 17.7 Å². The maximum absolute atomic E-state index is 12.1. The molecule has 1 aromatic carbocycles. The number of benzene rings is 1. The molecule has 0 aliphatic carbocycles. The Labute approximate surface area is 119 Å². The number of aliphatic hydroxyl groups is 1. The number of hydrogen-bond acceptors (Lipinski definition) is 5. The fraction of sp³-hybridized carbons (Fsp3) is 0.455. The average molecular weight is 329 g/mol. The lowest BCUT2D eigenvalue weighted by Gasteiger charge is -2.15. The van der Waals surface area contributed by atoms with Gasteiger partial charge in [0.15, 0.2) is 11.5 Å². The van der Waals surface area contributed by atoms with E-state index in [0.29, 0.717) is 0 Å². The van der Waals surface area contributed by atoms with Gasteiger partial charge in [0.2, 0.25) is 10.0 Å². The molecule has 21 heavy (non-hydrogen) atoms. The topological polar surface area (TPSA) is 84.9 Å². The summed E-state index contributed by atoms with van der Waals surface area (Å²) in [6, 6.07) is 2.02. The van der Waals surface area contributed by atoms with Crippen molar-refractivity contribution in [3.8, 4) is 11.5 Å². The second kappa shape index (κ2) is 6.50. The number of alkyl halides is 3.